The van der Waals surface area contributed by atoms with E-state index in [4.69, 9.17) is 23.2 Å². The van der Waals surface area contributed by atoms with Gasteiger partial charge in [-0.2, -0.15) is 0 Å². The third kappa shape index (κ3) is 5.88. The quantitative estimate of drug-likeness (QED) is 0.768. The van der Waals surface area contributed by atoms with E-state index in [-0.39, 0.29) is 23.9 Å². The van der Waals surface area contributed by atoms with Crippen LogP contribution in [0, 0.1) is 0 Å². The number of carbonyl (C=O) groups excluding carboxylic acids is 1. The van der Waals surface area contributed by atoms with Crippen LogP contribution in [0.25, 0.3) is 0 Å². The van der Waals surface area contributed by atoms with E-state index in [0.29, 0.717) is 22.8 Å². The van der Waals surface area contributed by atoms with E-state index < -0.39 is 10.0 Å². The van der Waals surface area contributed by atoms with Crippen molar-refractivity contribution in [2.45, 2.75) is 12.8 Å². The summed E-state index contributed by atoms with van der Waals surface area (Å²) in [5.41, 5.74) is 0.884. The van der Waals surface area contributed by atoms with Gasteiger partial charge in [-0.25, -0.2) is 8.42 Å². The number of halogens is 2. The van der Waals surface area contributed by atoms with Crippen molar-refractivity contribution in [3.8, 4) is 0 Å². The lowest BCUT2D eigenvalue weighted by Crippen LogP contribution is -2.31. The van der Waals surface area contributed by atoms with Crippen LogP contribution in [0.3, 0.4) is 0 Å². The fourth-order valence-electron chi connectivity index (χ4n) is 2.19. The summed E-state index contributed by atoms with van der Waals surface area (Å²) in [6.07, 6.45) is 4.70. The van der Waals surface area contributed by atoms with Gasteiger partial charge in [0.15, 0.2) is 0 Å². The zero-order valence-electron chi connectivity index (χ0n) is 13.4. The average Bonchev–Trinajstić information content (AvgIpc) is 2.54. The van der Waals surface area contributed by atoms with Crippen LogP contribution in [0.2, 0.25) is 10.0 Å². The number of rotatable bonds is 7. The second-order valence-electron chi connectivity index (χ2n) is 5.32. The number of carbonyl (C=O) groups is 1. The number of sulfonamides is 1. The lowest BCUT2D eigenvalue weighted by Gasteiger charge is -2.23. The van der Waals surface area contributed by atoms with Gasteiger partial charge in [0.05, 0.1) is 28.9 Å². The van der Waals surface area contributed by atoms with Gasteiger partial charge in [-0.05, 0) is 36.8 Å². The summed E-state index contributed by atoms with van der Waals surface area (Å²) in [6.45, 7) is 0.110. The van der Waals surface area contributed by atoms with Gasteiger partial charge in [0.2, 0.25) is 15.9 Å². The number of aromatic nitrogens is 1. The molecule has 0 aliphatic heterocycles. The Bertz CT molecular complexity index is 845. The first-order valence-electron chi connectivity index (χ1n) is 7.40. The molecule has 134 valence electrons. The Balaban J connectivity index is 2.02. The number of nitrogens with one attached hydrogen (secondary N) is 1. The first-order valence-corrected chi connectivity index (χ1v) is 10.0. The number of amides is 1. The number of pyridine rings is 1. The molecular weight excluding hydrogens is 385 g/mol. The highest BCUT2D eigenvalue weighted by Gasteiger charge is 2.20. The lowest BCUT2D eigenvalue weighted by molar-refractivity contribution is -0.116. The molecule has 2 aromatic rings. The molecule has 0 unspecified atom stereocenters. The summed E-state index contributed by atoms with van der Waals surface area (Å²) < 4.78 is 25.3. The summed E-state index contributed by atoms with van der Waals surface area (Å²) in [5.74, 6) is -0.223. The Labute approximate surface area is 156 Å². The van der Waals surface area contributed by atoms with Crippen molar-refractivity contribution >= 4 is 50.5 Å². The second kappa shape index (κ2) is 8.51. The number of nitrogens with zero attached hydrogens (tertiary/aromatic N) is 2. The Kier molecular flexibility index (Phi) is 6.64. The highest BCUT2D eigenvalue weighted by molar-refractivity contribution is 7.92. The zero-order chi connectivity index (χ0) is 18.4. The molecule has 25 heavy (non-hydrogen) atoms. The molecule has 0 radical (unpaired) electrons. The SMILES string of the molecule is CS(=O)(=O)N(CCCC(=O)Nc1cccnc1)c1cc(Cl)ccc1Cl. The summed E-state index contributed by atoms with van der Waals surface area (Å²) in [4.78, 5) is 15.9. The number of hydrogen-bond acceptors (Lipinski definition) is 4. The standard InChI is InChI=1S/C16H17Cl2N3O3S/c1-25(23,24)21(15-10-12(17)6-7-14(15)18)9-3-5-16(22)20-13-4-2-8-19-11-13/h2,4,6-8,10-11H,3,5,9H2,1H3,(H,20,22). The first kappa shape index (κ1) is 19.5. The van der Waals surface area contributed by atoms with E-state index in [0.717, 1.165) is 10.6 Å². The van der Waals surface area contributed by atoms with E-state index in [1.54, 1.807) is 24.4 Å². The van der Waals surface area contributed by atoms with Crippen molar-refractivity contribution in [3.63, 3.8) is 0 Å². The second-order valence-corrected chi connectivity index (χ2v) is 8.07. The van der Waals surface area contributed by atoms with Crippen molar-refractivity contribution in [3.05, 3.63) is 52.8 Å². The van der Waals surface area contributed by atoms with Crippen molar-refractivity contribution in [2.24, 2.45) is 0 Å². The van der Waals surface area contributed by atoms with E-state index in [1.807, 2.05) is 0 Å². The number of benzene rings is 1. The summed E-state index contributed by atoms with van der Waals surface area (Å²) in [6, 6.07) is 8.03. The van der Waals surface area contributed by atoms with Gasteiger partial charge < -0.3 is 5.32 Å². The molecule has 1 amide bonds. The van der Waals surface area contributed by atoms with Gasteiger partial charge in [-0.1, -0.05) is 23.2 Å². The molecule has 0 aliphatic rings. The molecule has 0 fully saturated rings. The molecule has 1 N–H and O–H groups in total. The predicted octanol–water partition coefficient (Wildman–Crippen LogP) is 3.57. The third-order valence-corrected chi connectivity index (χ3v) is 5.02. The molecule has 0 bridgehead atoms. The van der Waals surface area contributed by atoms with E-state index in [2.05, 4.69) is 10.3 Å². The molecule has 0 spiro atoms. The third-order valence-electron chi connectivity index (χ3n) is 3.29. The molecule has 2 rings (SSSR count). The minimum Gasteiger partial charge on any atom is -0.325 e. The van der Waals surface area contributed by atoms with Gasteiger partial charge in [-0.15, -0.1) is 0 Å². The Morgan fingerprint density at radius 1 is 1.28 bits per heavy atom. The van der Waals surface area contributed by atoms with Crippen LogP contribution in [0.5, 0.6) is 0 Å². The van der Waals surface area contributed by atoms with Crippen molar-refractivity contribution in [1.82, 2.24) is 4.98 Å². The number of hydrogen-bond donors (Lipinski definition) is 1. The minimum absolute atomic E-state index is 0.110. The van der Waals surface area contributed by atoms with Crippen LogP contribution in [0.4, 0.5) is 11.4 Å². The molecule has 0 atom stereocenters. The minimum atomic E-state index is -3.57. The summed E-state index contributed by atoms with van der Waals surface area (Å²) >= 11 is 12.0. The maximum absolute atomic E-state index is 12.1. The summed E-state index contributed by atoms with van der Waals surface area (Å²) in [5, 5.41) is 3.35. The van der Waals surface area contributed by atoms with Crippen LogP contribution in [0.15, 0.2) is 42.7 Å². The smallest absolute Gasteiger partial charge is 0.232 e. The molecule has 1 aromatic heterocycles. The van der Waals surface area contributed by atoms with Gasteiger partial charge in [0.1, 0.15) is 0 Å². The van der Waals surface area contributed by atoms with Crippen molar-refractivity contribution in [2.75, 3.05) is 22.4 Å². The monoisotopic (exact) mass is 401 g/mol. The maximum atomic E-state index is 12.1. The van der Waals surface area contributed by atoms with Crippen molar-refractivity contribution < 1.29 is 13.2 Å². The van der Waals surface area contributed by atoms with Crippen LogP contribution >= 0.6 is 23.2 Å². The predicted molar refractivity (Wildman–Crippen MR) is 101 cm³/mol. The van der Waals surface area contributed by atoms with Crippen LogP contribution < -0.4 is 9.62 Å². The Hall–Kier alpha value is -1.83. The normalized spacial score (nSPS) is 11.2. The van der Waals surface area contributed by atoms with E-state index in [1.165, 1.54) is 18.3 Å². The number of anilines is 2. The topological polar surface area (TPSA) is 79.4 Å². The molecule has 9 heteroatoms. The fraction of sp³-hybridized carbons (Fsp3) is 0.250. The first-order chi connectivity index (χ1) is 11.8. The lowest BCUT2D eigenvalue weighted by atomic mass is 10.2. The van der Waals surface area contributed by atoms with Gasteiger partial charge in [0, 0.05) is 24.2 Å². The molecule has 0 aliphatic carbocycles. The highest BCUT2D eigenvalue weighted by atomic mass is 35.5. The molecule has 1 heterocycles. The Morgan fingerprint density at radius 3 is 2.68 bits per heavy atom. The summed E-state index contributed by atoms with van der Waals surface area (Å²) in [7, 11) is -3.57. The van der Waals surface area contributed by atoms with Gasteiger partial charge in [-0.3, -0.25) is 14.1 Å². The van der Waals surface area contributed by atoms with Crippen LogP contribution in [-0.2, 0) is 14.8 Å². The van der Waals surface area contributed by atoms with Crippen LogP contribution in [0.1, 0.15) is 12.8 Å². The zero-order valence-corrected chi connectivity index (χ0v) is 15.8. The highest BCUT2D eigenvalue weighted by Crippen LogP contribution is 2.30. The van der Waals surface area contributed by atoms with Gasteiger partial charge >= 0.3 is 0 Å². The van der Waals surface area contributed by atoms with Crippen LogP contribution in [-0.4, -0.2) is 32.1 Å². The van der Waals surface area contributed by atoms with Crippen molar-refractivity contribution in [1.29, 1.82) is 0 Å². The maximum Gasteiger partial charge on any atom is 0.232 e. The molecule has 0 saturated heterocycles. The molecule has 6 nitrogen and oxygen atoms in total. The fourth-order valence-corrected chi connectivity index (χ4v) is 3.59. The molecular formula is C16H17Cl2N3O3S. The Morgan fingerprint density at radius 2 is 2.04 bits per heavy atom. The largest absolute Gasteiger partial charge is 0.325 e. The molecule has 1 aromatic carbocycles. The van der Waals surface area contributed by atoms with Gasteiger partial charge in [0.25, 0.3) is 0 Å². The van der Waals surface area contributed by atoms with E-state index in [9.17, 15) is 13.2 Å². The molecule has 0 saturated carbocycles. The van der Waals surface area contributed by atoms with E-state index >= 15 is 0 Å². The average molecular weight is 402 g/mol.